The number of anilines is 1. The van der Waals surface area contributed by atoms with Gasteiger partial charge in [0.25, 0.3) is 11.6 Å². The molecule has 0 bridgehead atoms. The Morgan fingerprint density at radius 3 is 2.50 bits per heavy atom. The molecule has 6 nitrogen and oxygen atoms in total. The Hall–Kier alpha value is -2.60. The third-order valence-corrected chi connectivity index (χ3v) is 3.42. The molecule has 0 fully saturated rings. The molecule has 2 aromatic carbocycles. The number of rotatable bonds is 6. The number of ether oxygens (including phenoxy) is 1. The molecule has 0 aliphatic carbocycles. The summed E-state index contributed by atoms with van der Waals surface area (Å²) >= 11 is 5.75. The maximum atomic E-state index is 12.2. The third-order valence-electron chi connectivity index (χ3n) is 3.10. The fourth-order valence-corrected chi connectivity index (χ4v) is 2.09. The zero-order chi connectivity index (χ0) is 17.7. The molecule has 0 radical (unpaired) electrons. The number of nitro benzene ring substituents is 1. The predicted molar refractivity (Wildman–Crippen MR) is 92.8 cm³/mol. The molecule has 1 amide bonds. The highest BCUT2D eigenvalue weighted by molar-refractivity contribution is 6.32. The molecule has 126 valence electrons. The Bertz CT molecular complexity index is 745. The first kappa shape index (κ1) is 17.7. The first-order chi connectivity index (χ1) is 11.4. The lowest BCUT2D eigenvalue weighted by Gasteiger charge is -2.09. The van der Waals surface area contributed by atoms with E-state index < -0.39 is 4.92 Å². The average Bonchev–Trinajstić information content (AvgIpc) is 2.54. The van der Waals surface area contributed by atoms with E-state index >= 15 is 0 Å². The van der Waals surface area contributed by atoms with Crippen molar-refractivity contribution in [2.24, 2.45) is 5.92 Å². The second-order valence-electron chi connectivity index (χ2n) is 5.61. The number of nitro groups is 1. The molecular formula is C17H17ClN2O4. The fourth-order valence-electron chi connectivity index (χ4n) is 1.90. The number of carbonyl (C=O) groups excluding carboxylic acids is 1. The summed E-state index contributed by atoms with van der Waals surface area (Å²) in [7, 11) is 0. The van der Waals surface area contributed by atoms with Crippen LogP contribution < -0.4 is 10.1 Å². The molecule has 0 heterocycles. The molecule has 2 rings (SSSR count). The molecule has 2 aromatic rings. The molecule has 0 unspecified atom stereocenters. The van der Waals surface area contributed by atoms with Crippen LogP contribution in [0.3, 0.4) is 0 Å². The minimum absolute atomic E-state index is 0.0182. The van der Waals surface area contributed by atoms with Crippen LogP contribution in [0.25, 0.3) is 0 Å². The first-order valence-electron chi connectivity index (χ1n) is 7.35. The highest BCUT2D eigenvalue weighted by atomic mass is 35.5. The number of carbonyl (C=O) groups is 1. The van der Waals surface area contributed by atoms with Crippen LogP contribution in [0.15, 0.2) is 42.5 Å². The molecule has 0 atom stereocenters. The Morgan fingerprint density at radius 1 is 1.25 bits per heavy atom. The number of nitrogens with zero attached hydrogens (tertiary/aromatic N) is 1. The van der Waals surface area contributed by atoms with Gasteiger partial charge in [0.1, 0.15) is 10.8 Å². The van der Waals surface area contributed by atoms with Crippen LogP contribution in [-0.4, -0.2) is 17.4 Å². The second kappa shape index (κ2) is 7.79. The largest absolute Gasteiger partial charge is 0.493 e. The van der Waals surface area contributed by atoms with E-state index in [0.717, 1.165) is 0 Å². The van der Waals surface area contributed by atoms with Crippen molar-refractivity contribution in [2.45, 2.75) is 13.8 Å². The van der Waals surface area contributed by atoms with E-state index in [1.807, 2.05) is 13.8 Å². The third kappa shape index (κ3) is 4.70. The van der Waals surface area contributed by atoms with E-state index in [9.17, 15) is 14.9 Å². The Balaban J connectivity index is 2.07. The van der Waals surface area contributed by atoms with Gasteiger partial charge in [0.05, 0.1) is 11.5 Å². The van der Waals surface area contributed by atoms with Crippen LogP contribution in [0.1, 0.15) is 24.2 Å². The lowest BCUT2D eigenvalue weighted by molar-refractivity contribution is -0.384. The molecule has 0 aliphatic rings. The Labute approximate surface area is 144 Å². The van der Waals surface area contributed by atoms with Gasteiger partial charge in [-0.2, -0.15) is 0 Å². The molecule has 0 saturated carbocycles. The minimum Gasteiger partial charge on any atom is -0.493 e. The van der Waals surface area contributed by atoms with Crippen molar-refractivity contribution in [2.75, 3.05) is 11.9 Å². The van der Waals surface area contributed by atoms with E-state index in [4.69, 9.17) is 16.3 Å². The summed E-state index contributed by atoms with van der Waals surface area (Å²) in [5, 5.41) is 13.5. The molecule has 0 spiro atoms. The van der Waals surface area contributed by atoms with Gasteiger partial charge in [-0.05, 0) is 42.3 Å². The van der Waals surface area contributed by atoms with Gasteiger partial charge in [-0.15, -0.1) is 0 Å². The minimum atomic E-state index is -0.598. The van der Waals surface area contributed by atoms with Gasteiger partial charge in [-0.1, -0.05) is 25.4 Å². The molecule has 1 N–H and O–H groups in total. The smallest absolute Gasteiger partial charge is 0.289 e. The van der Waals surface area contributed by atoms with Crippen LogP contribution >= 0.6 is 11.6 Å². The highest BCUT2D eigenvalue weighted by Gasteiger charge is 2.14. The summed E-state index contributed by atoms with van der Waals surface area (Å²) < 4.78 is 5.55. The first-order valence-corrected chi connectivity index (χ1v) is 7.72. The van der Waals surface area contributed by atoms with Gasteiger partial charge in [0.2, 0.25) is 0 Å². The fraction of sp³-hybridized carbons (Fsp3) is 0.235. The number of hydrogen-bond acceptors (Lipinski definition) is 4. The van der Waals surface area contributed by atoms with Crippen molar-refractivity contribution < 1.29 is 14.5 Å². The molecule has 24 heavy (non-hydrogen) atoms. The van der Waals surface area contributed by atoms with Crippen LogP contribution in [0.2, 0.25) is 5.02 Å². The lowest BCUT2D eigenvalue weighted by Crippen LogP contribution is -2.12. The summed E-state index contributed by atoms with van der Waals surface area (Å²) in [6, 6.07) is 10.8. The number of hydrogen-bond donors (Lipinski definition) is 1. The standard InChI is InChI=1S/C17H17ClN2O4/c1-11(2)10-24-14-6-3-12(4-7-14)17(21)19-13-5-8-15(18)16(9-13)20(22)23/h3-9,11H,10H2,1-2H3,(H,19,21). The van der Waals surface area contributed by atoms with Crippen molar-refractivity contribution in [3.05, 3.63) is 63.2 Å². The van der Waals surface area contributed by atoms with Crippen LogP contribution in [-0.2, 0) is 0 Å². The summed E-state index contributed by atoms with van der Waals surface area (Å²) in [4.78, 5) is 22.5. The van der Waals surface area contributed by atoms with Crippen molar-refractivity contribution in [3.8, 4) is 5.75 Å². The molecule has 0 aliphatic heterocycles. The van der Waals surface area contributed by atoms with E-state index in [1.165, 1.54) is 18.2 Å². The average molecular weight is 349 g/mol. The normalized spacial score (nSPS) is 10.5. The van der Waals surface area contributed by atoms with Gasteiger partial charge in [-0.25, -0.2) is 0 Å². The summed E-state index contributed by atoms with van der Waals surface area (Å²) in [6.45, 7) is 4.69. The van der Waals surface area contributed by atoms with E-state index in [0.29, 0.717) is 29.5 Å². The van der Waals surface area contributed by atoms with Crippen LogP contribution in [0.5, 0.6) is 5.75 Å². The topological polar surface area (TPSA) is 81.5 Å². The number of halogens is 1. The van der Waals surface area contributed by atoms with Crippen molar-refractivity contribution in [3.63, 3.8) is 0 Å². The van der Waals surface area contributed by atoms with Crippen molar-refractivity contribution >= 4 is 28.9 Å². The van der Waals surface area contributed by atoms with Crippen molar-refractivity contribution in [1.29, 1.82) is 0 Å². The zero-order valence-corrected chi connectivity index (χ0v) is 14.0. The quantitative estimate of drug-likeness (QED) is 0.614. The summed E-state index contributed by atoms with van der Waals surface area (Å²) in [5.41, 5.74) is 0.465. The van der Waals surface area contributed by atoms with Gasteiger partial charge in [0.15, 0.2) is 0 Å². The highest BCUT2D eigenvalue weighted by Crippen LogP contribution is 2.27. The second-order valence-corrected chi connectivity index (χ2v) is 6.01. The number of nitrogens with one attached hydrogen (secondary N) is 1. The van der Waals surface area contributed by atoms with Crippen LogP contribution in [0, 0.1) is 16.0 Å². The molecule has 0 saturated heterocycles. The lowest BCUT2D eigenvalue weighted by atomic mass is 10.2. The maximum absolute atomic E-state index is 12.2. The monoisotopic (exact) mass is 348 g/mol. The summed E-state index contributed by atoms with van der Waals surface area (Å²) in [6.07, 6.45) is 0. The molecular weight excluding hydrogens is 332 g/mol. The SMILES string of the molecule is CC(C)COc1ccc(C(=O)Nc2ccc(Cl)c([N+](=O)[O-])c2)cc1. The van der Waals surface area contributed by atoms with Gasteiger partial charge in [0, 0.05) is 17.3 Å². The summed E-state index contributed by atoms with van der Waals surface area (Å²) in [5.74, 6) is 0.720. The Kier molecular flexibility index (Phi) is 5.76. The maximum Gasteiger partial charge on any atom is 0.289 e. The molecule has 7 heteroatoms. The van der Waals surface area contributed by atoms with Gasteiger partial charge < -0.3 is 10.1 Å². The van der Waals surface area contributed by atoms with Gasteiger partial charge >= 0.3 is 0 Å². The van der Waals surface area contributed by atoms with E-state index in [1.54, 1.807) is 24.3 Å². The zero-order valence-electron chi connectivity index (χ0n) is 13.3. The van der Waals surface area contributed by atoms with Crippen molar-refractivity contribution in [1.82, 2.24) is 0 Å². The number of amides is 1. The predicted octanol–water partition coefficient (Wildman–Crippen LogP) is 4.54. The molecule has 0 aromatic heterocycles. The Morgan fingerprint density at radius 2 is 1.92 bits per heavy atom. The van der Waals surface area contributed by atoms with E-state index in [2.05, 4.69) is 5.32 Å². The van der Waals surface area contributed by atoms with Gasteiger partial charge in [-0.3, -0.25) is 14.9 Å². The van der Waals surface area contributed by atoms with E-state index in [-0.39, 0.29) is 16.6 Å². The van der Waals surface area contributed by atoms with Crippen LogP contribution in [0.4, 0.5) is 11.4 Å². The number of benzene rings is 2.